The average molecular weight is 533 g/mol. The molecule has 11 heteroatoms. The fourth-order valence-corrected chi connectivity index (χ4v) is 4.42. The number of ketones is 1. The molecule has 37 heavy (non-hydrogen) atoms. The van der Waals surface area contributed by atoms with Gasteiger partial charge in [0.1, 0.15) is 12.3 Å². The second kappa shape index (κ2) is 11.6. The van der Waals surface area contributed by atoms with Crippen molar-refractivity contribution in [3.63, 3.8) is 0 Å². The molecule has 2 aliphatic rings. The molecule has 9 nitrogen and oxygen atoms in total. The number of hydrogen-bond donors (Lipinski definition) is 0. The van der Waals surface area contributed by atoms with Crippen LogP contribution in [0.5, 0.6) is 11.5 Å². The fourth-order valence-electron chi connectivity index (χ4n) is 4.26. The molecule has 2 heterocycles. The van der Waals surface area contributed by atoms with Crippen LogP contribution in [0.15, 0.2) is 36.4 Å². The van der Waals surface area contributed by atoms with Gasteiger partial charge in [-0.1, -0.05) is 11.6 Å². The number of hydrogen-bond acceptors (Lipinski definition) is 7. The maximum Gasteiger partial charge on any atom is 0.310 e. The first-order valence-electron chi connectivity index (χ1n) is 11.9. The molecule has 0 aromatic heterocycles. The summed E-state index contributed by atoms with van der Waals surface area (Å²) >= 11 is 5.73. The molecule has 0 unspecified atom stereocenters. The van der Waals surface area contributed by atoms with E-state index >= 15 is 0 Å². The van der Waals surface area contributed by atoms with Gasteiger partial charge < -0.3 is 19.1 Å². The van der Waals surface area contributed by atoms with Gasteiger partial charge in [-0.2, -0.15) is 0 Å². The number of amides is 2. The number of Topliss-reactive ketones (excluding diaryl/α,β-unsaturated/α-hetero) is 1. The highest BCUT2D eigenvalue weighted by Crippen LogP contribution is 2.33. The highest BCUT2D eigenvalue weighted by Gasteiger charge is 2.33. The third-order valence-corrected chi connectivity index (χ3v) is 6.40. The molecule has 1 atom stereocenters. The zero-order valence-corrected chi connectivity index (χ0v) is 21.0. The van der Waals surface area contributed by atoms with Crippen LogP contribution in [0.25, 0.3) is 0 Å². The van der Waals surface area contributed by atoms with Crippen molar-refractivity contribution in [2.75, 3.05) is 44.4 Å². The Morgan fingerprint density at radius 2 is 2.00 bits per heavy atom. The first-order valence-corrected chi connectivity index (χ1v) is 12.3. The Morgan fingerprint density at radius 3 is 2.76 bits per heavy atom. The number of carbonyl (C=O) groups is 4. The molecule has 196 valence electrons. The monoisotopic (exact) mass is 532 g/mol. The van der Waals surface area contributed by atoms with Crippen molar-refractivity contribution in [1.29, 1.82) is 0 Å². The van der Waals surface area contributed by atoms with Crippen LogP contribution in [-0.4, -0.2) is 67.9 Å². The summed E-state index contributed by atoms with van der Waals surface area (Å²) < 4.78 is 29.8. The highest BCUT2D eigenvalue weighted by atomic mass is 35.5. The second-order valence-electron chi connectivity index (χ2n) is 8.67. The third-order valence-electron chi connectivity index (χ3n) is 6.16. The Bertz CT molecular complexity index is 1220. The van der Waals surface area contributed by atoms with E-state index in [4.69, 9.17) is 25.8 Å². The summed E-state index contributed by atoms with van der Waals surface area (Å²) in [6.45, 7) is 1.72. The van der Waals surface area contributed by atoms with E-state index in [0.29, 0.717) is 25.1 Å². The number of carbonyl (C=O) groups excluding carboxylic acids is 4. The summed E-state index contributed by atoms with van der Waals surface area (Å²) in [6, 6.07) is 8.33. The largest absolute Gasteiger partial charge is 0.482 e. The van der Waals surface area contributed by atoms with Crippen LogP contribution in [0.1, 0.15) is 30.1 Å². The molecule has 1 fully saturated rings. The Morgan fingerprint density at radius 1 is 1.19 bits per heavy atom. The Balaban J connectivity index is 1.46. The van der Waals surface area contributed by atoms with E-state index in [9.17, 15) is 23.6 Å². The number of anilines is 1. The molecule has 2 aromatic carbocycles. The zero-order chi connectivity index (χ0) is 26.5. The number of fused-ring (bicyclic) bond motifs is 1. The van der Waals surface area contributed by atoms with Crippen molar-refractivity contribution >= 4 is 40.9 Å². The molecule has 0 N–H and O–H groups in total. The number of benzene rings is 2. The molecule has 0 spiro atoms. The minimum absolute atomic E-state index is 0.121. The van der Waals surface area contributed by atoms with Crippen molar-refractivity contribution in [2.24, 2.45) is 5.92 Å². The van der Waals surface area contributed by atoms with Gasteiger partial charge in [0.25, 0.3) is 5.91 Å². The van der Waals surface area contributed by atoms with Gasteiger partial charge in [-0.05, 0) is 56.2 Å². The van der Waals surface area contributed by atoms with E-state index in [1.54, 1.807) is 11.8 Å². The first kappa shape index (κ1) is 26.4. The molecule has 2 aromatic rings. The van der Waals surface area contributed by atoms with E-state index in [1.165, 1.54) is 35.2 Å². The number of rotatable bonds is 8. The number of piperidine rings is 1. The summed E-state index contributed by atoms with van der Waals surface area (Å²) in [6.07, 6.45) is 1.28. The number of halogens is 2. The highest BCUT2D eigenvalue weighted by molar-refractivity contribution is 6.30. The number of esters is 1. The summed E-state index contributed by atoms with van der Waals surface area (Å²) in [7, 11) is 0. The van der Waals surface area contributed by atoms with E-state index in [1.807, 2.05) is 0 Å². The van der Waals surface area contributed by atoms with E-state index < -0.39 is 30.0 Å². The van der Waals surface area contributed by atoms with E-state index in [2.05, 4.69) is 0 Å². The van der Waals surface area contributed by atoms with Gasteiger partial charge in [0.2, 0.25) is 5.91 Å². The zero-order valence-electron chi connectivity index (χ0n) is 20.2. The second-order valence-corrected chi connectivity index (χ2v) is 9.11. The van der Waals surface area contributed by atoms with Crippen molar-refractivity contribution in [3.8, 4) is 11.5 Å². The summed E-state index contributed by atoms with van der Waals surface area (Å²) in [4.78, 5) is 53.5. The van der Waals surface area contributed by atoms with Crippen LogP contribution in [0.3, 0.4) is 0 Å². The molecular formula is C26H26ClFN2O7. The standard InChI is InChI=1S/C26H26ClFN2O7/c1-2-35-26(34)17-4-3-9-29(12-17)24(32)13-30-20-10-16(5-7-23(20)37-15-25(30)33)21(31)14-36-22-8-6-18(27)11-19(22)28/h5-8,10-11,17H,2-4,9,12-15H2,1H3/t17-/m1/s1. The lowest BCUT2D eigenvalue weighted by Gasteiger charge is -2.34. The van der Waals surface area contributed by atoms with Crippen molar-refractivity contribution in [2.45, 2.75) is 19.8 Å². The van der Waals surface area contributed by atoms with Crippen LogP contribution >= 0.6 is 11.6 Å². The van der Waals surface area contributed by atoms with Gasteiger partial charge in [0, 0.05) is 23.7 Å². The quantitative estimate of drug-likeness (QED) is 0.380. The van der Waals surface area contributed by atoms with Crippen molar-refractivity contribution < 1.29 is 37.8 Å². The lowest BCUT2D eigenvalue weighted by Crippen LogP contribution is -2.49. The molecule has 0 saturated carbocycles. The molecule has 0 bridgehead atoms. The lowest BCUT2D eigenvalue weighted by molar-refractivity contribution is -0.151. The van der Waals surface area contributed by atoms with Gasteiger partial charge >= 0.3 is 5.97 Å². The molecular weight excluding hydrogens is 507 g/mol. The maximum absolute atomic E-state index is 14.0. The molecule has 1 saturated heterocycles. The first-order chi connectivity index (χ1) is 17.8. The van der Waals surface area contributed by atoms with Crippen molar-refractivity contribution in [1.82, 2.24) is 4.90 Å². The summed E-state index contributed by atoms with van der Waals surface area (Å²) in [5.41, 5.74) is 0.469. The molecule has 0 radical (unpaired) electrons. The smallest absolute Gasteiger partial charge is 0.310 e. The van der Waals surface area contributed by atoms with Gasteiger partial charge in [-0.15, -0.1) is 0 Å². The molecule has 0 aliphatic carbocycles. The van der Waals surface area contributed by atoms with Gasteiger partial charge in [0.05, 0.1) is 18.2 Å². The topological polar surface area (TPSA) is 102 Å². The normalized spacial score (nSPS) is 17.1. The predicted molar refractivity (Wildman–Crippen MR) is 131 cm³/mol. The van der Waals surface area contributed by atoms with Crippen molar-refractivity contribution in [3.05, 3.63) is 52.8 Å². The Labute approximate surface area is 218 Å². The Kier molecular flexibility index (Phi) is 8.27. The van der Waals surface area contributed by atoms with Gasteiger partial charge in [0.15, 0.2) is 30.6 Å². The van der Waals surface area contributed by atoms with Crippen LogP contribution in [0, 0.1) is 11.7 Å². The van der Waals surface area contributed by atoms with Gasteiger partial charge in [-0.25, -0.2) is 4.39 Å². The number of ether oxygens (including phenoxy) is 3. The van der Waals surface area contributed by atoms with Crippen LogP contribution in [0.4, 0.5) is 10.1 Å². The average Bonchev–Trinajstić information content (AvgIpc) is 2.89. The minimum Gasteiger partial charge on any atom is -0.482 e. The fraction of sp³-hybridized carbons (Fsp3) is 0.385. The minimum atomic E-state index is -0.697. The molecule has 4 rings (SSSR count). The lowest BCUT2D eigenvalue weighted by atomic mass is 9.98. The summed E-state index contributed by atoms with van der Waals surface area (Å²) in [5.74, 6) is -2.44. The van der Waals surface area contributed by atoms with Crippen LogP contribution < -0.4 is 14.4 Å². The molecule has 2 amide bonds. The predicted octanol–water partition coefficient (Wildman–Crippen LogP) is 3.27. The number of likely N-dealkylation sites (tertiary alicyclic amines) is 1. The SMILES string of the molecule is CCOC(=O)[C@@H]1CCCN(C(=O)CN2C(=O)COc3ccc(C(=O)COc4ccc(Cl)cc4F)cc32)C1. The third kappa shape index (κ3) is 6.19. The number of nitrogens with zero attached hydrogens (tertiary/aromatic N) is 2. The summed E-state index contributed by atoms with van der Waals surface area (Å²) in [5, 5.41) is 0.200. The van der Waals surface area contributed by atoms with E-state index in [-0.39, 0.29) is 60.2 Å². The van der Waals surface area contributed by atoms with Crippen LogP contribution in [-0.2, 0) is 19.1 Å². The van der Waals surface area contributed by atoms with Gasteiger partial charge in [-0.3, -0.25) is 24.1 Å². The Hall–Kier alpha value is -3.66. The maximum atomic E-state index is 14.0. The van der Waals surface area contributed by atoms with E-state index in [0.717, 1.165) is 6.07 Å². The molecule has 2 aliphatic heterocycles. The van der Waals surface area contributed by atoms with Crippen LogP contribution in [0.2, 0.25) is 5.02 Å².